The molecule has 2 N–H and O–H groups in total. The van der Waals surface area contributed by atoms with E-state index in [2.05, 4.69) is 0 Å². The normalized spacial score (nSPS) is 11.5. The van der Waals surface area contributed by atoms with E-state index >= 15 is 0 Å². The molecule has 0 unspecified atom stereocenters. The molecule has 0 aliphatic carbocycles. The van der Waals surface area contributed by atoms with Gasteiger partial charge < -0.3 is 19.7 Å². The second-order valence-electron chi connectivity index (χ2n) is 6.00. The Kier molecular flexibility index (Phi) is 8.04. The highest BCUT2D eigenvalue weighted by Gasteiger charge is 2.14. The van der Waals surface area contributed by atoms with Crippen LogP contribution >= 0.6 is 0 Å². The molecule has 1 heterocycles. The summed E-state index contributed by atoms with van der Waals surface area (Å²) in [7, 11) is 1.66. The van der Waals surface area contributed by atoms with E-state index in [1.54, 1.807) is 37.4 Å². The van der Waals surface area contributed by atoms with Gasteiger partial charge in [0.25, 0.3) is 0 Å². The summed E-state index contributed by atoms with van der Waals surface area (Å²) in [5.41, 5.74) is 2.09. The fourth-order valence-corrected chi connectivity index (χ4v) is 2.56. The van der Waals surface area contributed by atoms with Crippen LogP contribution in [0.2, 0.25) is 0 Å². The third-order valence-corrected chi connectivity index (χ3v) is 4.03. The summed E-state index contributed by atoms with van der Waals surface area (Å²) in [5, 5.41) is 18.0. The van der Waals surface area contributed by atoms with Crippen molar-refractivity contribution in [2.24, 2.45) is 0 Å². The number of methoxy groups -OCH3 is 1. The molecule has 3 aromatic carbocycles. The van der Waals surface area contributed by atoms with E-state index in [4.69, 9.17) is 14.6 Å². The van der Waals surface area contributed by atoms with Crippen LogP contribution in [-0.2, 0) is 6.42 Å². The van der Waals surface area contributed by atoms with Crippen molar-refractivity contribution in [1.82, 2.24) is 0 Å². The number of phenolic OH excluding ortho intramolecular Hbond substituents is 2. The molecule has 4 nitrogen and oxygen atoms in total. The van der Waals surface area contributed by atoms with E-state index in [9.17, 15) is 5.11 Å². The molecular weight excluding hydrogens is 340 g/mol. The Hall–Kier alpha value is -3.14. The predicted octanol–water partition coefficient (Wildman–Crippen LogP) is 5.11. The maximum absolute atomic E-state index is 9.40. The van der Waals surface area contributed by atoms with Gasteiger partial charge >= 0.3 is 0 Å². The predicted molar refractivity (Wildman–Crippen MR) is 108 cm³/mol. The van der Waals surface area contributed by atoms with Gasteiger partial charge in [0.15, 0.2) is 0 Å². The summed E-state index contributed by atoms with van der Waals surface area (Å²) in [6.07, 6.45) is 2.15. The number of benzene rings is 3. The van der Waals surface area contributed by atoms with Crippen LogP contribution in [0.25, 0.3) is 0 Å². The van der Waals surface area contributed by atoms with Crippen molar-refractivity contribution in [1.29, 1.82) is 0 Å². The number of aromatic hydroxyl groups is 2. The van der Waals surface area contributed by atoms with Gasteiger partial charge in [-0.1, -0.05) is 42.5 Å². The van der Waals surface area contributed by atoms with Gasteiger partial charge in [-0.3, -0.25) is 0 Å². The molecular formula is C23H26O4. The second-order valence-corrected chi connectivity index (χ2v) is 6.00. The number of ether oxygens (including phenoxy) is 2. The Bertz CT molecular complexity index is 801. The zero-order valence-corrected chi connectivity index (χ0v) is 15.8. The third kappa shape index (κ3) is 6.59. The molecule has 0 saturated heterocycles. The first-order valence-electron chi connectivity index (χ1n) is 8.89. The van der Waals surface area contributed by atoms with Crippen LogP contribution in [0.4, 0.5) is 0 Å². The summed E-state index contributed by atoms with van der Waals surface area (Å²) >= 11 is 0. The number of para-hydroxylation sites is 2. The molecule has 0 aromatic heterocycles. The maximum Gasteiger partial charge on any atom is 0.129 e. The Labute approximate surface area is 160 Å². The second kappa shape index (κ2) is 10.8. The highest BCUT2D eigenvalue weighted by molar-refractivity contribution is 5.49. The number of aryl methyl sites for hydroxylation is 1. The van der Waals surface area contributed by atoms with E-state index < -0.39 is 0 Å². The first-order chi connectivity index (χ1) is 13.1. The molecule has 142 valence electrons. The maximum atomic E-state index is 9.40. The fourth-order valence-electron chi connectivity index (χ4n) is 2.56. The third-order valence-electron chi connectivity index (χ3n) is 4.03. The summed E-state index contributed by atoms with van der Waals surface area (Å²) in [5.74, 6) is 2.45. The summed E-state index contributed by atoms with van der Waals surface area (Å²) < 4.78 is 10.4. The minimum Gasteiger partial charge on any atom is -0.508 e. The van der Waals surface area contributed by atoms with E-state index in [1.165, 1.54) is 5.56 Å². The van der Waals surface area contributed by atoms with Crippen LogP contribution in [0.5, 0.6) is 23.0 Å². The van der Waals surface area contributed by atoms with Gasteiger partial charge in [0.05, 0.1) is 13.7 Å². The quantitative estimate of drug-likeness (QED) is 0.628. The number of fused-ring (bicyclic) bond motifs is 1. The Morgan fingerprint density at radius 2 is 1.48 bits per heavy atom. The molecule has 1 aliphatic rings. The van der Waals surface area contributed by atoms with Crippen LogP contribution in [0.1, 0.15) is 17.5 Å². The number of rotatable bonds is 1. The zero-order chi connectivity index (χ0) is 19.5. The largest absolute Gasteiger partial charge is 0.508 e. The van der Waals surface area contributed by atoms with Crippen molar-refractivity contribution in [3.8, 4) is 23.0 Å². The van der Waals surface area contributed by atoms with E-state index in [0.29, 0.717) is 11.5 Å². The molecule has 0 radical (unpaired) electrons. The van der Waals surface area contributed by atoms with Crippen LogP contribution < -0.4 is 9.47 Å². The summed E-state index contributed by atoms with van der Waals surface area (Å²) in [6, 6.07) is 22.1. The molecule has 3 aromatic rings. The number of hydrogen-bond donors (Lipinski definition) is 2. The molecule has 1 aliphatic heterocycles. The molecule has 0 saturated carbocycles. The van der Waals surface area contributed by atoms with Crippen molar-refractivity contribution in [2.75, 3.05) is 13.7 Å². The molecule has 0 fully saturated rings. The van der Waals surface area contributed by atoms with Gasteiger partial charge in [0.1, 0.15) is 23.0 Å². The molecule has 0 atom stereocenters. The number of hydrogen-bond acceptors (Lipinski definition) is 4. The van der Waals surface area contributed by atoms with E-state index in [0.717, 1.165) is 36.5 Å². The van der Waals surface area contributed by atoms with Crippen LogP contribution in [0.15, 0.2) is 72.8 Å². The lowest BCUT2D eigenvalue weighted by Gasteiger charge is -2.19. The fraction of sp³-hybridized carbons (Fsp3) is 0.217. The van der Waals surface area contributed by atoms with Gasteiger partial charge in [0.2, 0.25) is 0 Å². The van der Waals surface area contributed by atoms with Crippen molar-refractivity contribution in [3.63, 3.8) is 0 Å². The number of phenols is 2. The molecule has 0 bridgehead atoms. The Balaban J connectivity index is 0.000000153. The van der Waals surface area contributed by atoms with Crippen LogP contribution in [0, 0.1) is 6.92 Å². The highest BCUT2D eigenvalue weighted by Crippen LogP contribution is 2.33. The molecule has 27 heavy (non-hydrogen) atoms. The van der Waals surface area contributed by atoms with Crippen molar-refractivity contribution in [3.05, 3.63) is 83.9 Å². The Morgan fingerprint density at radius 3 is 2.00 bits per heavy atom. The summed E-state index contributed by atoms with van der Waals surface area (Å²) in [4.78, 5) is 0. The molecule has 4 rings (SSSR count). The molecule has 4 heteroatoms. The minimum absolute atomic E-state index is 0.322. The lowest BCUT2D eigenvalue weighted by molar-refractivity contribution is 0.284. The van der Waals surface area contributed by atoms with Crippen LogP contribution in [-0.4, -0.2) is 23.9 Å². The van der Waals surface area contributed by atoms with Gasteiger partial charge in [-0.2, -0.15) is 0 Å². The lowest BCUT2D eigenvalue weighted by atomic mass is 10.0. The average Bonchev–Trinajstić information content (AvgIpc) is 2.73. The van der Waals surface area contributed by atoms with Gasteiger partial charge in [0, 0.05) is 5.56 Å². The average molecular weight is 366 g/mol. The van der Waals surface area contributed by atoms with E-state index in [-0.39, 0.29) is 0 Å². The summed E-state index contributed by atoms with van der Waals surface area (Å²) in [6.45, 7) is 2.66. The topological polar surface area (TPSA) is 58.9 Å². The highest BCUT2D eigenvalue weighted by atomic mass is 16.5. The monoisotopic (exact) mass is 366 g/mol. The Morgan fingerprint density at radius 1 is 0.852 bits per heavy atom. The van der Waals surface area contributed by atoms with Gasteiger partial charge in [-0.25, -0.2) is 0 Å². The van der Waals surface area contributed by atoms with Crippen molar-refractivity contribution < 1.29 is 19.7 Å². The molecule has 0 amide bonds. The standard InChI is InChI=1S/C10H12O2.C7H8O.C6H6O/c1-7-9(11)5-4-8-3-2-6-12-10(7)8;1-8-7-5-3-2-4-6-7;7-6-4-2-1-3-5-6/h4-5,11H,2-3,6H2,1H3;2-6H,1H3;1-5,7H. The lowest BCUT2D eigenvalue weighted by Crippen LogP contribution is -2.09. The van der Waals surface area contributed by atoms with Crippen LogP contribution in [0.3, 0.4) is 0 Å². The van der Waals surface area contributed by atoms with Crippen molar-refractivity contribution in [2.45, 2.75) is 19.8 Å². The SMILES string of the molecule is COc1ccccc1.Cc1c(O)ccc2c1OCCC2.Oc1ccccc1. The van der Waals surface area contributed by atoms with Gasteiger partial charge in [-0.15, -0.1) is 0 Å². The molecule has 0 spiro atoms. The zero-order valence-electron chi connectivity index (χ0n) is 15.8. The van der Waals surface area contributed by atoms with Gasteiger partial charge in [-0.05, 0) is 55.7 Å². The first kappa shape index (κ1) is 20.2. The minimum atomic E-state index is 0.322. The van der Waals surface area contributed by atoms with E-state index in [1.807, 2.05) is 49.4 Å². The smallest absolute Gasteiger partial charge is 0.129 e. The van der Waals surface area contributed by atoms with Crippen molar-refractivity contribution >= 4 is 0 Å². The first-order valence-corrected chi connectivity index (χ1v) is 8.89.